The van der Waals surface area contributed by atoms with Crippen molar-refractivity contribution in [2.24, 2.45) is 5.73 Å². The van der Waals surface area contributed by atoms with Gasteiger partial charge in [-0.2, -0.15) is 11.8 Å². The van der Waals surface area contributed by atoms with Crippen LogP contribution in [0.15, 0.2) is 24.3 Å². The molecule has 2 atom stereocenters. The molecule has 0 heterocycles. The maximum absolute atomic E-state index is 8.96. The molecule has 0 aliphatic carbocycles. The van der Waals surface area contributed by atoms with Gasteiger partial charge in [-0.15, -0.1) is 0 Å². The zero-order valence-electron chi connectivity index (χ0n) is 11.1. The third-order valence-electron chi connectivity index (χ3n) is 2.60. The van der Waals surface area contributed by atoms with Gasteiger partial charge in [0.1, 0.15) is 5.75 Å². The minimum Gasteiger partial charge on any atom is -0.494 e. The Balaban J connectivity index is 2.45. The van der Waals surface area contributed by atoms with Crippen LogP contribution >= 0.6 is 11.8 Å². The fourth-order valence-corrected chi connectivity index (χ4v) is 2.28. The highest BCUT2D eigenvalue weighted by Crippen LogP contribution is 2.21. The normalized spacial score (nSPS) is 14.2. The molecule has 0 amide bonds. The van der Waals surface area contributed by atoms with E-state index in [1.807, 2.05) is 31.2 Å². The van der Waals surface area contributed by atoms with E-state index in [0.29, 0.717) is 0 Å². The van der Waals surface area contributed by atoms with E-state index < -0.39 is 0 Å². The molecule has 18 heavy (non-hydrogen) atoms. The third kappa shape index (κ3) is 5.29. The van der Waals surface area contributed by atoms with Crippen molar-refractivity contribution in [3.8, 4) is 5.75 Å². The molecule has 1 rings (SSSR count). The Kier molecular flexibility index (Phi) is 7.16. The predicted octanol–water partition coefficient (Wildman–Crippen LogP) is 2.59. The quantitative estimate of drug-likeness (QED) is 0.761. The molecule has 0 aliphatic rings. The molecule has 0 fully saturated rings. The van der Waals surface area contributed by atoms with Crippen molar-refractivity contribution in [3.63, 3.8) is 0 Å². The SMILES string of the molecule is CCCOc1ccc(C(N)CSC(C)CO)cc1. The van der Waals surface area contributed by atoms with Gasteiger partial charge in [0.2, 0.25) is 0 Å². The first-order valence-corrected chi connectivity index (χ1v) is 7.43. The van der Waals surface area contributed by atoms with Crippen LogP contribution in [0.25, 0.3) is 0 Å². The number of rotatable bonds is 8. The van der Waals surface area contributed by atoms with E-state index in [4.69, 9.17) is 15.6 Å². The van der Waals surface area contributed by atoms with Gasteiger partial charge in [0.25, 0.3) is 0 Å². The molecule has 3 N–H and O–H groups in total. The first-order chi connectivity index (χ1) is 8.67. The zero-order valence-corrected chi connectivity index (χ0v) is 12.0. The van der Waals surface area contributed by atoms with Gasteiger partial charge < -0.3 is 15.6 Å². The van der Waals surface area contributed by atoms with Gasteiger partial charge in [-0.25, -0.2) is 0 Å². The minimum absolute atomic E-state index is 0.00391. The highest BCUT2D eigenvalue weighted by molar-refractivity contribution is 7.99. The van der Waals surface area contributed by atoms with E-state index in [-0.39, 0.29) is 17.9 Å². The summed E-state index contributed by atoms with van der Waals surface area (Å²) in [5.41, 5.74) is 7.21. The lowest BCUT2D eigenvalue weighted by Gasteiger charge is -2.15. The molecular weight excluding hydrogens is 246 g/mol. The van der Waals surface area contributed by atoms with Crippen LogP contribution in [0.1, 0.15) is 31.9 Å². The van der Waals surface area contributed by atoms with E-state index in [2.05, 4.69) is 6.92 Å². The van der Waals surface area contributed by atoms with Crippen molar-refractivity contribution in [2.75, 3.05) is 19.0 Å². The van der Waals surface area contributed by atoms with E-state index in [1.165, 1.54) is 0 Å². The molecule has 3 nitrogen and oxygen atoms in total. The number of ether oxygens (including phenoxy) is 1. The van der Waals surface area contributed by atoms with E-state index in [1.54, 1.807) is 11.8 Å². The Hall–Kier alpha value is -0.710. The average molecular weight is 269 g/mol. The van der Waals surface area contributed by atoms with E-state index >= 15 is 0 Å². The third-order valence-corrected chi connectivity index (χ3v) is 3.87. The second-order valence-electron chi connectivity index (χ2n) is 4.35. The van der Waals surface area contributed by atoms with Crippen LogP contribution in [-0.4, -0.2) is 29.3 Å². The number of hydrogen-bond acceptors (Lipinski definition) is 4. The summed E-state index contributed by atoms with van der Waals surface area (Å²) in [5.74, 6) is 1.71. The minimum atomic E-state index is 0.00391. The topological polar surface area (TPSA) is 55.5 Å². The van der Waals surface area contributed by atoms with Gasteiger partial charge in [-0.3, -0.25) is 0 Å². The summed E-state index contributed by atoms with van der Waals surface area (Å²) in [7, 11) is 0. The fourth-order valence-electron chi connectivity index (χ4n) is 1.45. The summed E-state index contributed by atoms with van der Waals surface area (Å²) >= 11 is 1.69. The second kappa shape index (κ2) is 8.40. The molecular formula is C14H23NO2S. The number of aliphatic hydroxyl groups is 1. The molecule has 1 aromatic carbocycles. The molecule has 0 saturated heterocycles. The smallest absolute Gasteiger partial charge is 0.119 e. The Bertz CT molecular complexity index is 329. The maximum Gasteiger partial charge on any atom is 0.119 e. The molecule has 4 heteroatoms. The van der Waals surface area contributed by atoms with Gasteiger partial charge in [0, 0.05) is 17.0 Å². The summed E-state index contributed by atoms with van der Waals surface area (Å²) in [5, 5.41) is 9.20. The van der Waals surface area contributed by atoms with Crippen LogP contribution < -0.4 is 10.5 Å². The largest absolute Gasteiger partial charge is 0.494 e. The number of benzene rings is 1. The van der Waals surface area contributed by atoms with Crippen LogP contribution in [0.5, 0.6) is 5.75 Å². The lowest BCUT2D eigenvalue weighted by Crippen LogP contribution is -2.15. The molecule has 2 unspecified atom stereocenters. The van der Waals surface area contributed by atoms with Crippen LogP contribution in [0, 0.1) is 0 Å². The summed E-state index contributed by atoms with van der Waals surface area (Å²) in [4.78, 5) is 0. The Morgan fingerprint density at radius 3 is 2.56 bits per heavy atom. The van der Waals surface area contributed by atoms with Crippen molar-refractivity contribution in [1.82, 2.24) is 0 Å². The lowest BCUT2D eigenvalue weighted by molar-refractivity contribution is 0.300. The molecule has 0 saturated carbocycles. The van der Waals surface area contributed by atoms with Crippen LogP contribution in [0.4, 0.5) is 0 Å². The number of thioether (sulfide) groups is 1. The summed E-state index contributed by atoms with van der Waals surface area (Å²) in [6.45, 7) is 5.03. The monoisotopic (exact) mass is 269 g/mol. The Labute approximate surface area is 114 Å². The molecule has 0 aromatic heterocycles. The fraction of sp³-hybridized carbons (Fsp3) is 0.571. The van der Waals surface area contributed by atoms with Gasteiger partial charge in [0.15, 0.2) is 0 Å². The lowest BCUT2D eigenvalue weighted by atomic mass is 10.1. The summed E-state index contributed by atoms with van der Waals surface area (Å²) in [6.07, 6.45) is 1.01. The van der Waals surface area contributed by atoms with Crippen molar-refractivity contribution in [3.05, 3.63) is 29.8 Å². The van der Waals surface area contributed by atoms with E-state index in [0.717, 1.165) is 30.1 Å². The molecule has 102 valence electrons. The number of aliphatic hydroxyl groups excluding tert-OH is 1. The van der Waals surface area contributed by atoms with Crippen LogP contribution in [0.2, 0.25) is 0 Å². The Morgan fingerprint density at radius 2 is 2.00 bits per heavy atom. The first-order valence-electron chi connectivity index (χ1n) is 6.38. The van der Waals surface area contributed by atoms with Gasteiger partial charge in [-0.1, -0.05) is 26.0 Å². The molecule has 0 bridgehead atoms. The van der Waals surface area contributed by atoms with Gasteiger partial charge in [-0.05, 0) is 24.1 Å². The molecule has 1 aromatic rings. The first kappa shape index (κ1) is 15.3. The van der Waals surface area contributed by atoms with Crippen LogP contribution in [-0.2, 0) is 0 Å². The second-order valence-corrected chi connectivity index (χ2v) is 5.82. The Morgan fingerprint density at radius 1 is 1.33 bits per heavy atom. The van der Waals surface area contributed by atoms with Crippen molar-refractivity contribution in [2.45, 2.75) is 31.6 Å². The highest BCUT2D eigenvalue weighted by atomic mass is 32.2. The molecule has 0 radical (unpaired) electrons. The van der Waals surface area contributed by atoms with Gasteiger partial charge in [0.05, 0.1) is 13.2 Å². The van der Waals surface area contributed by atoms with E-state index in [9.17, 15) is 0 Å². The summed E-state index contributed by atoms with van der Waals surface area (Å²) < 4.78 is 5.53. The summed E-state index contributed by atoms with van der Waals surface area (Å²) in [6, 6.07) is 7.96. The predicted molar refractivity (Wildman–Crippen MR) is 78.2 cm³/mol. The van der Waals surface area contributed by atoms with Crippen LogP contribution in [0.3, 0.4) is 0 Å². The highest BCUT2D eigenvalue weighted by Gasteiger charge is 2.09. The zero-order chi connectivity index (χ0) is 13.4. The van der Waals surface area contributed by atoms with Crippen molar-refractivity contribution < 1.29 is 9.84 Å². The molecule has 0 aliphatic heterocycles. The van der Waals surface area contributed by atoms with Gasteiger partial charge >= 0.3 is 0 Å². The average Bonchev–Trinajstić information content (AvgIpc) is 2.42. The number of hydrogen-bond donors (Lipinski definition) is 2. The molecule has 0 spiro atoms. The maximum atomic E-state index is 8.96. The number of nitrogens with two attached hydrogens (primary N) is 1. The van der Waals surface area contributed by atoms with Crippen molar-refractivity contribution >= 4 is 11.8 Å². The standard InChI is InChI=1S/C14H23NO2S/c1-3-8-17-13-6-4-12(5-7-13)14(15)10-18-11(2)9-16/h4-7,11,14,16H,3,8-10,15H2,1-2H3. The van der Waals surface area contributed by atoms with Crippen molar-refractivity contribution in [1.29, 1.82) is 0 Å².